The van der Waals surface area contributed by atoms with Crippen LogP contribution < -0.4 is 0 Å². The van der Waals surface area contributed by atoms with Crippen molar-refractivity contribution in [2.24, 2.45) is 11.8 Å². The van der Waals surface area contributed by atoms with E-state index in [0.29, 0.717) is 6.42 Å². The fourth-order valence-corrected chi connectivity index (χ4v) is 7.31. The van der Waals surface area contributed by atoms with Crippen LogP contribution in [0.3, 0.4) is 0 Å². The van der Waals surface area contributed by atoms with Gasteiger partial charge < -0.3 is 18.3 Å². The van der Waals surface area contributed by atoms with E-state index < -0.39 is 34.8 Å². The minimum atomic E-state index is -2.26. The number of rotatable bonds is 6. The first-order chi connectivity index (χ1) is 17.6. The van der Waals surface area contributed by atoms with Gasteiger partial charge in [0.2, 0.25) is 0 Å². The molecule has 2 unspecified atom stereocenters. The zero-order chi connectivity index (χ0) is 30.6. The number of hydrogen-bond donors (Lipinski definition) is 0. The van der Waals surface area contributed by atoms with Crippen molar-refractivity contribution in [1.29, 1.82) is 0 Å². The summed E-state index contributed by atoms with van der Waals surface area (Å²) in [4.78, 5) is 26.0. The Morgan fingerprint density at radius 1 is 0.923 bits per heavy atom. The highest BCUT2D eigenvalue weighted by Gasteiger charge is 2.47. The van der Waals surface area contributed by atoms with Gasteiger partial charge in [-0.1, -0.05) is 79.7 Å². The Kier molecular flexibility index (Phi) is 12.7. The third-order valence-corrected chi connectivity index (χ3v) is 18.2. The number of carbonyl (C=O) groups is 2. The summed E-state index contributed by atoms with van der Waals surface area (Å²) in [6, 6.07) is 0. The van der Waals surface area contributed by atoms with Crippen molar-refractivity contribution >= 4 is 28.4 Å². The lowest BCUT2D eigenvalue weighted by molar-refractivity contribution is -0.149. The van der Waals surface area contributed by atoms with Crippen LogP contribution in [0.25, 0.3) is 0 Å². The molecule has 0 radical (unpaired) electrons. The van der Waals surface area contributed by atoms with Gasteiger partial charge in [-0.15, -0.1) is 0 Å². The Morgan fingerprint density at radius 2 is 1.44 bits per heavy atom. The molecule has 0 aromatic rings. The Morgan fingerprint density at radius 3 is 1.90 bits per heavy atom. The highest BCUT2D eigenvalue weighted by molar-refractivity contribution is 6.74. The average molecular weight is 583 g/mol. The van der Waals surface area contributed by atoms with Crippen LogP contribution in [-0.4, -0.2) is 59.9 Å². The number of carbonyl (C=O) groups excluding carboxylic acids is 2. The summed E-state index contributed by atoms with van der Waals surface area (Å²) in [7, 11) is -2.74. The van der Waals surface area contributed by atoms with Crippen LogP contribution >= 0.6 is 0 Å². The normalized spacial score (nSPS) is 30.7. The number of ketones is 1. The smallest absolute Gasteiger partial charge is 0.313 e. The molecule has 8 heteroatoms. The molecule has 0 bridgehead atoms. The van der Waals surface area contributed by atoms with Gasteiger partial charge in [-0.2, -0.15) is 0 Å². The molecule has 6 atom stereocenters. The highest BCUT2D eigenvalue weighted by Crippen LogP contribution is 2.43. The van der Waals surface area contributed by atoms with Gasteiger partial charge in [-0.05, 0) is 43.2 Å². The van der Waals surface area contributed by atoms with Gasteiger partial charge in [0.15, 0.2) is 16.6 Å². The van der Waals surface area contributed by atoms with E-state index in [9.17, 15) is 9.59 Å². The Balaban J connectivity index is 3.75. The molecular formula is C31H58O6Si2. The molecule has 0 N–H and O–H groups in total. The molecule has 0 aromatic heterocycles. The predicted octanol–water partition coefficient (Wildman–Crippen LogP) is 7.85. The maximum absolute atomic E-state index is 13.3. The second-order valence-corrected chi connectivity index (χ2v) is 24.1. The summed E-state index contributed by atoms with van der Waals surface area (Å²) in [6.45, 7) is 32.4. The van der Waals surface area contributed by atoms with Gasteiger partial charge in [0.1, 0.15) is 18.3 Å². The summed E-state index contributed by atoms with van der Waals surface area (Å²) >= 11 is 0. The highest BCUT2D eigenvalue weighted by atomic mass is 28.4. The molecule has 0 saturated carbocycles. The third kappa shape index (κ3) is 10.1. The minimum Gasteiger partial charge on any atom is -0.457 e. The van der Waals surface area contributed by atoms with Crippen LogP contribution in [0.5, 0.6) is 0 Å². The van der Waals surface area contributed by atoms with Crippen molar-refractivity contribution in [2.45, 2.75) is 142 Å². The first kappa shape index (κ1) is 36.0. The van der Waals surface area contributed by atoms with Gasteiger partial charge in [-0.25, -0.2) is 0 Å². The van der Waals surface area contributed by atoms with Gasteiger partial charge in [0.05, 0.1) is 18.3 Å². The molecule has 0 aliphatic carbocycles. The van der Waals surface area contributed by atoms with Crippen LogP contribution in [0, 0.1) is 11.8 Å². The summed E-state index contributed by atoms with van der Waals surface area (Å²) in [5.74, 6) is -0.829. The maximum atomic E-state index is 13.3. The van der Waals surface area contributed by atoms with Gasteiger partial charge in [-0.3, -0.25) is 9.59 Å². The van der Waals surface area contributed by atoms with E-state index in [1.165, 1.54) is 0 Å². The van der Waals surface area contributed by atoms with Gasteiger partial charge in [0.25, 0.3) is 0 Å². The molecule has 0 spiro atoms. The first-order valence-electron chi connectivity index (χ1n) is 14.5. The van der Waals surface area contributed by atoms with Crippen molar-refractivity contribution in [3.05, 3.63) is 24.3 Å². The Bertz CT molecular complexity index is 880. The van der Waals surface area contributed by atoms with Gasteiger partial charge >= 0.3 is 5.97 Å². The SMILES string of the molecule is C=CC1C/C(C)=C\C(OC)[C@@H](C)[C@H](O[Si](C)(C)C(C)(C)C)[C@H](C)[C@@H](O[Si](C)(C)C(C)(C)C)CC(=O)CC(=O)O1. The molecule has 226 valence electrons. The molecule has 1 aliphatic rings. The largest absolute Gasteiger partial charge is 0.457 e. The molecule has 6 nitrogen and oxygen atoms in total. The molecule has 0 saturated heterocycles. The van der Waals surface area contributed by atoms with Crippen molar-refractivity contribution in [3.8, 4) is 0 Å². The second-order valence-electron chi connectivity index (χ2n) is 14.6. The third-order valence-electron chi connectivity index (χ3n) is 9.19. The Hall–Kier alpha value is -1.07. The van der Waals surface area contributed by atoms with Crippen LogP contribution in [0.1, 0.15) is 81.6 Å². The number of ether oxygens (including phenoxy) is 2. The molecule has 0 aromatic carbocycles. The van der Waals surface area contributed by atoms with Crippen LogP contribution in [0.2, 0.25) is 36.3 Å². The summed E-state index contributed by atoms with van der Waals surface area (Å²) in [5, 5.41) is -0.0341. The molecule has 0 amide bonds. The standard InChI is InChI=1S/C31H58O6Si2/c1-16-25-17-21(2)18-26(34-11)22(3)29(37-39(14,15)31(8,9)10)23(4)27(19-24(32)20-28(33)35-25)36-38(12,13)30(5,6)7/h16,18,22-23,25-27,29H,1,17,19-20H2,2-15H3/b21-18-/t22-,23-,25?,26?,27+,29+/m1/s1. The van der Waals surface area contributed by atoms with Gasteiger partial charge in [0, 0.05) is 31.8 Å². The summed E-state index contributed by atoms with van der Waals surface area (Å²) in [6.07, 6.45) is 2.74. The predicted molar refractivity (Wildman–Crippen MR) is 166 cm³/mol. The maximum Gasteiger partial charge on any atom is 0.313 e. The second kappa shape index (κ2) is 13.7. The van der Waals surface area contributed by atoms with Crippen molar-refractivity contribution in [3.63, 3.8) is 0 Å². The molecule has 39 heavy (non-hydrogen) atoms. The van der Waals surface area contributed by atoms with E-state index in [4.69, 9.17) is 18.3 Å². The zero-order valence-corrected chi connectivity index (χ0v) is 29.4. The van der Waals surface area contributed by atoms with Crippen molar-refractivity contribution in [1.82, 2.24) is 0 Å². The zero-order valence-electron chi connectivity index (χ0n) is 27.4. The van der Waals surface area contributed by atoms with Crippen LogP contribution in [0.4, 0.5) is 0 Å². The number of methoxy groups -OCH3 is 1. The van der Waals surface area contributed by atoms with E-state index in [1.807, 2.05) is 6.92 Å². The fraction of sp³-hybridized carbons (Fsp3) is 0.806. The van der Waals surface area contributed by atoms with Crippen molar-refractivity contribution in [2.75, 3.05) is 7.11 Å². The number of cyclic esters (lactones) is 1. The molecular weight excluding hydrogens is 525 g/mol. The van der Waals surface area contributed by atoms with E-state index in [2.05, 4.69) is 94.2 Å². The first-order valence-corrected chi connectivity index (χ1v) is 20.3. The lowest BCUT2D eigenvalue weighted by atomic mass is 9.83. The van der Waals surface area contributed by atoms with Crippen molar-refractivity contribution < 1.29 is 27.9 Å². The number of hydrogen-bond acceptors (Lipinski definition) is 6. The van der Waals surface area contributed by atoms with E-state index in [-0.39, 0.29) is 52.7 Å². The summed E-state index contributed by atoms with van der Waals surface area (Å²) < 4.78 is 25.8. The molecule has 1 aliphatic heterocycles. The lowest BCUT2D eigenvalue weighted by Crippen LogP contribution is -2.53. The molecule has 0 fully saturated rings. The van der Waals surface area contributed by atoms with Crippen LogP contribution in [0.15, 0.2) is 24.3 Å². The molecule has 1 heterocycles. The summed E-state index contributed by atoms with van der Waals surface area (Å²) in [5.41, 5.74) is 1.03. The fourth-order valence-electron chi connectivity index (χ4n) is 4.44. The van der Waals surface area contributed by atoms with E-state index >= 15 is 0 Å². The monoisotopic (exact) mass is 582 g/mol. The minimum absolute atomic E-state index is 0.00634. The molecule has 1 rings (SSSR count). The average Bonchev–Trinajstić information content (AvgIpc) is 2.76. The number of Topliss-reactive ketones (excluding diaryl/α,β-unsaturated/α-hetero) is 1. The number of esters is 1. The Labute approximate surface area is 241 Å². The van der Waals surface area contributed by atoms with Crippen LogP contribution in [-0.2, 0) is 27.9 Å². The van der Waals surface area contributed by atoms with E-state index in [1.54, 1.807) is 13.2 Å². The lowest BCUT2D eigenvalue weighted by Gasteiger charge is -2.47. The quantitative estimate of drug-likeness (QED) is 0.137. The topological polar surface area (TPSA) is 71.1 Å². The van der Waals surface area contributed by atoms with E-state index in [0.717, 1.165) is 5.57 Å².